The van der Waals surface area contributed by atoms with Gasteiger partial charge in [-0.2, -0.15) is 0 Å². The molecule has 0 radical (unpaired) electrons. The molecule has 0 saturated heterocycles. The van der Waals surface area contributed by atoms with E-state index < -0.39 is 5.60 Å². The standard InChI is InChI=1S/C15H20BrFO/c1-10-5-6-15(18,11(2)7-10)9-12-8-13(17)3-4-14(12)16/h3-4,8,10-11,18H,5-7,9H2,1-2H3. The highest BCUT2D eigenvalue weighted by Crippen LogP contribution is 2.39. The Hall–Kier alpha value is -0.410. The van der Waals surface area contributed by atoms with Gasteiger partial charge >= 0.3 is 0 Å². The van der Waals surface area contributed by atoms with Crippen LogP contribution in [0, 0.1) is 17.7 Å². The number of hydrogen-bond donors (Lipinski definition) is 1. The van der Waals surface area contributed by atoms with E-state index in [0.29, 0.717) is 12.3 Å². The fraction of sp³-hybridized carbons (Fsp3) is 0.600. The Morgan fingerprint density at radius 3 is 2.83 bits per heavy atom. The minimum atomic E-state index is -0.692. The first kappa shape index (κ1) is 14.0. The molecule has 1 fully saturated rings. The summed E-state index contributed by atoms with van der Waals surface area (Å²) in [4.78, 5) is 0. The summed E-state index contributed by atoms with van der Waals surface area (Å²) >= 11 is 3.44. The van der Waals surface area contributed by atoms with Crippen LogP contribution in [-0.2, 0) is 6.42 Å². The van der Waals surface area contributed by atoms with Crippen molar-refractivity contribution in [1.29, 1.82) is 0 Å². The van der Waals surface area contributed by atoms with E-state index in [-0.39, 0.29) is 11.7 Å². The fourth-order valence-electron chi connectivity index (χ4n) is 2.95. The lowest BCUT2D eigenvalue weighted by molar-refractivity contribution is -0.0523. The van der Waals surface area contributed by atoms with Gasteiger partial charge in [-0.25, -0.2) is 4.39 Å². The molecule has 3 atom stereocenters. The molecule has 0 amide bonds. The summed E-state index contributed by atoms with van der Waals surface area (Å²) in [6.45, 7) is 4.33. The summed E-state index contributed by atoms with van der Waals surface area (Å²) < 4.78 is 14.2. The molecule has 1 aliphatic carbocycles. The normalized spacial score (nSPS) is 32.5. The third-order valence-electron chi connectivity index (χ3n) is 4.25. The molecule has 1 aromatic carbocycles. The molecular weight excluding hydrogens is 295 g/mol. The SMILES string of the molecule is CC1CCC(O)(Cc2cc(F)ccc2Br)C(C)C1. The molecule has 1 aliphatic rings. The van der Waals surface area contributed by atoms with Crippen LogP contribution in [-0.4, -0.2) is 10.7 Å². The summed E-state index contributed by atoms with van der Waals surface area (Å²) in [6, 6.07) is 4.67. The second-order valence-corrected chi connectivity index (χ2v) is 6.65. The van der Waals surface area contributed by atoms with Gasteiger partial charge in [-0.05, 0) is 54.9 Å². The zero-order chi connectivity index (χ0) is 13.3. The maximum absolute atomic E-state index is 13.3. The van der Waals surface area contributed by atoms with Crippen molar-refractivity contribution in [3.8, 4) is 0 Å². The number of aliphatic hydroxyl groups is 1. The van der Waals surface area contributed by atoms with Crippen molar-refractivity contribution in [3.05, 3.63) is 34.1 Å². The highest BCUT2D eigenvalue weighted by atomic mass is 79.9. The van der Waals surface area contributed by atoms with E-state index in [9.17, 15) is 9.50 Å². The van der Waals surface area contributed by atoms with E-state index in [1.807, 2.05) is 0 Å². The van der Waals surface area contributed by atoms with Crippen LogP contribution < -0.4 is 0 Å². The maximum Gasteiger partial charge on any atom is 0.123 e. The molecule has 18 heavy (non-hydrogen) atoms. The summed E-state index contributed by atoms with van der Waals surface area (Å²) in [5.74, 6) is 0.696. The zero-order valence-corrected chi connectivity index (χ0v) is 12.5. The van der Waals surface area contributed by atoms with Crippen LogP contribution >= 0.6 is 15.9 Å². The fourth-order valence-corrected chi connectivity index (χ4v) is 3.34. The molecule has 1 nitrogen and oxygen atoms in total. The van der Waals surface area contributed by atoms with Crippen LogP contribution in [0.25, 0.3) is 0 Å². The van der Waals surface area contributed by atoms with Crippen molar-refractivity contribution in [2.75, 3.05) is 0 Å². The lowest BCUT2D eigenvalue weighted by Crippen LogP contribution is -2.43. The van der Waals surface area contributed by atoms with Gasteiger partial charge in [0.05, 0.1) is 5.60 Å². The summed E-state index contributed by atoms with van der Waals surface area (Å²) in [7, 11) is 0. The number of halogens is 2. The van der Waals surface area contributed by atoms with Gasteiger partial charge in [0, 0.05) is 10.9 Å². The first-order chi connectivity index (χ1) is 8.40. The minimum absolute atomic E-state index is 0.242. The molecule has 1 saturated carbocycles. The topological polar surface area (TPSA) is 20.2 Å². The third kappa shape index (κ3) is 2.94. The first-order valence-electron chi connectivity index (χ1n) is 6.57. The van der Waals surface area contributed by atoms with Crippen LogP contribution in [0.2, 0.25) is 0 Å². The second-order valence-electron chi connectivity index (χ2n) is 5.80. The molecule has 0 aromatic heterocycles. The van der Waals surface area contributed by atoms with Gasteiger partial charge < -0.3 is 5.11 Å². The quantitative estimate of drug-likeness (QED) is 0.862. The highest BCUT2D eigenvalue weighted by Gasteiger charge is 2.38. The number of benzene rings is 1. The van der Waals surface area contributed by atoms with Crippen LogP contribution in [0.5, 0.6) is 0 Å². The van der Waals surface area contributed by atoms with Crippen LogP contribution in [0.4, 0.5) is 4.39 Å². The van der Waals surface area contributed by atoms with Crippen LogP contribution in [0.15, 0.2) is 22.7 Å². The molecule has 0 bridgehead atoms. The van der Waals surface area contributed by atoms with E-state index in [1.54, 1.807) is 6.07 Å². The lowest BCUT2D eigenvalue weighted by Gasteiger charge is -2.41. The van der Waals surface area contributed by atoms with Gasteiger partial charge in [0.15, 0.2) is 0 Å². The second kappa shape index (κ2) is 5.30. The van der Waals surface area contributed by atoms with Gasteiger partial charge in [-0.1, -0.05) is 29.8 Å². The smallest absolute Gasteiger partial charge is 0.123 e. The predicted molar refractivity (Wildman–Crippen MR) is 74.9 cm³/mol. The molecule has 0 spiro atoms. The molecule has 1 aromatic rings. The van der Waals surface area contributed by atoms with Crippen molar-refractivity contribution < 1.29 is 9.50 Å². The van der Waals surface area contributed by atoms with Crippen LogP contribution in [0.3, 0.4) is 0 Å². The molecule has 0 aliphatic heterocycles. The zero-order valence-electron chi connectivity index (χ0n) is 10.9. The van der Waals surface area contributed by atoms with E-state index in [0.717, 1.165) is 29.3 Å². The molecule has 2 rings (SSSR count). The summed E-state index contributed by atoms with van der Waals surface area (Å²) in [6.07, 6.45) is 3.43. The van der Waals surface area contributed by atoms with Gasteiger partial charge in [-0.15, -0.1) is 0 Å². The van der Waals surface area contributed by atoms with Crippen molar-refractivity contribution >= 4 is 15.9 Å². The van der Waals surface area contributed by atoms with Crippen LogP contribution in [0.1, 0.15) is 38.7 Å². The monoisotopic (exact) mass is 314 g/mol. The van der Waals surface area contributed by atoms with Crippen molar-refractivity contribution in [2.45, 2.75) is 45.1 Å². The number of rotatable bonds is 2. The van der Waals surface area contributed by atoms with Gasteiger partial charge in [0.25, 0.3) is 0 Å². The summed E-state index contributed by atoms with van der Waals surface area (Å²) in [5.41, 5.74) is 0.168. The van der Waals surface area contributed by atoms with Crippen molar-refractivity contribution in [1.82, 2.24) is 0 Å². The molecule has 3 unspecified atom stereocenters. The predicted octanol–water partition coefficient (Wildman–Crippen LogP) is 4.32. The van der Waals surface area contributed by atoms with Gasteiger partial charge in [0.1, 0.15) is 5.82 Å². The van der Waals surface area contributed by atoms with E-state index >= 15 is 0 Å². The maximum atomic E-state index is 13.3. The molecule has 3 heteroatoms. The molecule has 0 heterocycles. The first-order valence-corrected chi connectivity index (χ1v) is 7.36. The Bertz CT molecular complexity index is 435. The number of hydrogen-bond acceptors (Lipinski definition) is 1. The summed E-state index contributed by atoms with van der Waals surface area (Å²) in [5, 5.41) is 10.8. The largest absolute Gasteiger partial charge is 0.389 e. The van der Waals surface area contributed by atoms with Gasteiger partial charge in [0.2, 0.25) is 0 Å². The average Bonchev–Trinajstić information content (AvgIpc) is 2.30. The molecule has 1 N–H and O–H groups in total. The molecule has 100 valence electrons. The molecular formula is C15H20BrFO. The lowest BCUT2D eigenvalue weighted by atomic mass is 9.70. The Morgan fingerprint density at radius 1 is 1.44 bits per heavy atom. The Balaban J connectivity index is 2.19. The minimum Gasteiger partial charge on any atom is -0.389 e. The van der Waals surface area contributed by atoms with Gasteiger partial charge in [-0.3, -0.25) is 0 Å². The van der Waals surface area contributed by atoms with E-state index in [4.69, 9.17) is 0 Å². The van der Waals surface area contributed by atoms with Crippen molar-refractivity contribution in [3.63, 3.8) is 0 Å². The third-order valence-corrected chi connectivity index (χ3v) is 5.02. The van der Waals surface area contributed by atoms with E-state index in [1.165, 1.54) is 12.1 Å². The Labute approximate surface area is 117 Å². The van der Waals surface area contributed by atoms with Crippen molar-refractivity contribution in [2.24, 2.45) is 11.8 Å². The average molecular weight is 315 g/mol. The highest BCUT2D eigenvalue weighted by molar-refractivity contribution is 9.10. The Morgan fingerprint density at radius 2 is 2.17 bits per heavy atom. The Kier molecular flexibility index (Phi) is 4.12. The van der Waals surface area contributed by atoms with E-state index in [2.05, 4.69) is 29.8 Å².